The van der Waals surface area contributed by atoms with Gasteiger partial charge in [0.05, 0.1) is 6.61 Å². The van der Waals surface area contributed by atoms with Crippen LogP contribution in [0.5, 0.6) is 0 Å². The van der Waals surface area contributed by atoms with E-state index in [-0.39, 0.29) is 0 Å². The van der Waals surface area contributed by atoms with E-state index in [4.69, 9.17) is 10.5 Å². The monoisotopic (exact) mass is 259 g/mol. The molecule has 1 heterocycles. The number of methoxy groups -OCH3 is 1. The van der Waals surface area contributed by atoms with Crippen LogP contribution in [0.15, 0.2) is 24.3 Å². The van der Waals surface area contributed by atoms with E-state index in [0.717, 1.165) is 28.5 Å². The number of hydrogen-bond donors (Lipinski definition) is 1. The third-order valence-electron chi connectivity index (χ3n) is 3.21. The minimum absolute atomic E-state index is 0.302. The summed E-state index contributed by atoms with van der Waals surface area (Å²) in [7, 11) is 1.69. The molecule has 0 aliphatic rings. The van der Waals surface area contributed by atoms with Gasteiger partial charge in [0.2, 0.25) is 0 Å². The van der Waals surface area contributed by atoms with Gasteiger partial charge in [0.15, 0.2) is 0 Å². The Morgan fingerprint density at radius 1 is 1.32 bits per heavy atom. The summed E-state index contributed by atoms with van der Waals surface area (Å²) in [6.07, 6.45) is 0. The van der Waals surface area contributed by atoms with Crippen molar-refractivity contribution in [2.75, 3.05) is 12.8 Å². The molecule has 2 aromatic rings. The number of ether oxygens (including phenoxy) is 1. The molecule has 0 unspecified atom stereocenters. The maximum absolute atomic E-state index is 6.26. The van der Waals surface area contributed by atoms with E-state index in [9.17, 15) is 0 Å². The number of aromatic nitrogens is 2. The highest BCUT2D eigenvalue weighted by Crippen LogP contribution is 2.31. The van der Waals surface area contributed by atoms with E-state index < -0.39 is 0 Å². The van der Waals surface area contributed by atoms with Gasteiger partial charge in [-0.3, -0.25) is 0 Å². The highest BCUT2D eigenvalue weighted by Gasteiger charge is 2.17. The first-order chi connectivity index (χ1) is 9.06. The van der Waals surface area contributed by atoms with E-state index in [2.05, 4.69) is 23.4 Å². The summed E-state index contributed by atoms with van der Waals surface area (Å²) in [5, 5.41) is 0. The predicted molar refractivity (Wildman–Crippen MR) is 77.9 cm³/mol. The number of nitrogens with two attached hydrogens (primary N) is 1. The Morgan fingerprint density at radius 3 is 2.58 bits per heavy atom. The number of aryl methyl sites for hydroxylation is 1. The minimum atomic E-state index is 0.302. The van der Waals surface area contributed by atoms with Gasteiger partial charge in [0, 0.05) is 18.7 Å². The Hall–Kier alpha value is -1.81. The van der Waals surface area contributed by atoms with Crippen LogP contribution >= 0.6 is 0 Å². The number of benzene rings is 1. The van der Waals surface area contributed by atoms with E-state index in [1.807, 2.05) is 31.2 Å². The van der Waals surface area contributed by atoms with Crippen molar-refractivity contribution in [1.29, 1.82) is 0 Å². The van der Waals surface area contributed by atoms with Gasteiger partial charge in [0.1, 0.15) is 17.3 Å². The van der Waals surface area contributed by atoms with Gasteiger partial charge in [0.25, 0.3) is 0 Å². The number of rotatable bonds is 4. The fourth-order valence-electron chi connectivity index (χ4n) is 2.44. The van der Waals surface area contributed by atoms with Crippen molar-refractivity contribution in [3.63, 3.8) is 0 Å². The second-order valence-electron chi connectivity index (χ2n) is 4.95. The SMILES string of the molecule is COCc1ccccc1-c1nc(C)n(C(C)C)c1N. The van der Waals surface area contributed by atoms with Crippen LogP contribution in [-0.2, 0) is 11.3 Å². The lowest BCUT2D eigenvalue weighted by Crippen LogP contribution is -2.07. The molecule has 0 bridgehead atoms. The van der Waals surface area contributed by atoms with Crippen molar-refractivity contribution in [2.45, 2.75) is 33.4 Å². The summed E-state index contributed by atoms with van der Waals surface area (Å²) < 4.78 is 7.29. The maximum atomic E-state index is 6.26. The van der Waals surface area contributed by atoms with Crippen LogP contribution in [0, 0.1) is 6.92 Å². The van der Waals surface area contributed by atoms with Crippen molar-refractivity contribution in [2.24, 2.45) is 0 Å². The summed E-state index contributed by atoms with van der Waals surface area (Å²) in [5.41, 5.74) is 9.26. The summed E-state index contributed by atoms with van der Waals surface area (Å²) in [4.78, 5) is 4.63. The molecule has 1 aromatic heterocycles. The van der Waals surface area contributed by atoms with Gasteiger partial charge < -0.3 is 15.0 Å². The largest absolute Gasteiger partial charge is 0.383 e. The first kappa shape index (κ1) is 13.6. The Bertz CT molecular complexity index is 573. The fourth-order valence-corrected chi connectivity index (χ4v) is 2.44. The Kier molecular flexibility index (Phi) is 3.90. The molecule has 0 fully saturated rings. The molecule has 19 heavy (non-hydrogen) atoms. The number of imidazole rings is 1. The number of anilines is 1. The first-order valence-electron chi connectivity index (χ1n) is 6.47. The molecule has 4 nitrogen and oxygen atoms in total. The molecule has 0 saturated carbocycles. The van der Waals surface area contributed by atoms with Gasteiger partial charge in [-0.05, 0) is 26.3 Å². The zero-order chi connectivity index (χ0) is 14.0. The lowest BCUT2D eigenvalue weighted by Gasteiger charge is -2.12. The van der Waals surface area contributed by atoms with Crippen LogP contribution in [0.4, 0.5) is 5.82 Å². The van der Waals surface area contributed by atoms with Gasteiger partial charge in [-0.25, -0.2) is 4.98 Å². The number of nitrogen functional groups attached to an aromatic ring is 1. The Labute approximate surface area is 114 Å². The van der Waals surface area contributed by atoms with Gasteiger partial charge >= 0.3 is 0 Å². The molecule has 102 valence electrons. The zero-order valence-corrected chi connectivity index (χ0v) is 12.0. The van der Waals surface area contributed by atoms with E-state index in [1.54, 1.807) is 7.11 Å². The summed E-state index contributed by atoms with van der Waals surface area (Å²) in [5.74, 6) is 1.66. The molecule has 0 atom stereocenters. The molecule has 4 heteroatoms. The maximum Gasteiger partial charge on any atom is 0.131 e. The van der Waals surface area contributed by atoms with Crippen molar-refractivity contribution in [3.05, 3.63) is 35.7 Å². The average molecular weight is 259 g/mol. The highest BCUT2D eigenvalue weighted by molar-refractivity contribution is 5.73. The van der Waals surface area contributed by atoms with Crippen molar-refractivity contribution < 1.29 is 4.74 Å². The molecule has 0 aliphatic heterocycles. The van der Waals surface area contributed by atoms with E-state index >= 15 is 0 Å². The van der Waals surface area contributed by atoms with Crippen LogP contribution in [0.1, 0.15) is 31.3 Å². The Balaban J connectivity index is 2.57. The fraction of sp³-hybridized carbons (Fsp3) is 0.400. The minimum Gasteiger partial charge on any atom is -0.383 e. The molecule has 2 rings (SSSR count). The third-order valence-corrected chi connectivity index (χ3v) is 3.21. The normalized spacial score (nSPS) is 11.2. The highest BCUT2D eigenvalue weighted by atomic mass is 16.5. The molecular weight excluding hydrogens is 238 g/mol. The molecule has 0 saturated heterocycles. The van der Waals surface area contributed by atoms with Crippen molar-refractivity contribution >= 4 is 5.82 Å². The van der Waals surface area contributed by atoms with Crippen LogP contribution < -0.4 is 5.73 Å². The third kappa shape index (κ3) is 2.49. The van der Waals surface area contributed by atoms with Gasteiger partial charge in [-0.2, -0.15) is 0 Å². The van der Waals surface area contributed by atoms with Gasteiger partial charge in [-0.1, -0.05) is 24.3 Å². The van der Waals surface area contributed by atoms with Crippen LogP contribution in [0.3, 0.4) is 0 Å². The smallest absolute Gasteiger partial charge is 0.131 e. The number of nitrogens with zero attached hydrogens (tertiary/aromatic N) is 2. The summed E-state index contributed by atoms with van der Waals surface area (Å²) >= 11 is 0. The molecule has 1 aromatic carbocycles. The van der Waals surface area contributed by atoms with E-state index in [0.29, 0.717) is 12.6 Å². The molecule has 0 amide bonds. The van der Waals surface area contributed by atoms with Crippen molar-refractivity contribution in [1.82, 2.24) is 9.55 Å². The lowest BCUT2D eigenvalue weighted by atomic mass is 10.1. The quantitative estimate of drug-likeness (QED) is 0.917. The van der Waals surface area contributed by atoms with Crippen LogP contribution in [-0.4, -0.2) is 16.7 Å². The molecule has 0 aliphatic carbocycles. The standard InChI is InChI=1S/C15H21N3O/c1-10(2)18-11(3)17-14(15(18)16)13-8-6-5-7-12(13)9-19-4/h5-8,10H,9,16H2,1-4H3. The second kappa shape index (κ2) is 5.45. The molecule has 0 spiro atoms. The Morgan fingerprint density at radius 2 is 2.00 bits per heavy atom. The summed E-state index contributed by atoms with van der Waals surface area (Å²) in [6.45, 7) is 6.76. The first-order valence-corrected chi connectivity index (χ1v) is 6.47. The molecular formula is C15H21N3O. The zero-order valence-electron chi connectivity index (χ0n) is 12.0. The summed E-state index contributed by atoms with van der Waals surface area (Å²) in [6, 6.07) is 8.38. The van der Waals surface area contributed by atoms with Crippen LogP contribution in [0.2, 0.25) is 0 Å². The molecule has 0 radical (unpaired) electrons. The topological polar surface area (TPSA) is 53.1 Å². The van der Waals surface area contributed by atoms with Gasteiger partial charge in [-0.15, -0.1) is 0 Å². The second-order valence-corrected chi connectivity index (χ2v) is 4.95. The van der Waals surface area contributed by atoms with E-state index in [1.165, 1.54) is 0 Å². The predicted octanol–water partition coefficient (Wildman–Crippen LogP) is 3.17. The average Bonchev–Trinajstić information content (AvgIpc) is 2.66. The lowest BCUT2D eigenvalue weighted by molar-refractivity contribution is 0.185. The van der Waals surface area contributed by atoms with Crippen LogP contribution in [0.25, 0.3) is 11.3 Å². The molecule has 2 N–H and O–H groups in total. The van der Waals surface area contributed by atoms with Crippen molar-refractivity contribution in [3.8, 4) is 11.3 Å². The number of hydrogen-bond acceptors (Lipinski definition) is 3.